The molecule has 1 saturated heterocycles. The average Bonchev–Trinajstić information content (AvgIpc) is 2.76. The molecule has 5 nitrogen and oxygen atoms in total. The van der Waals surface area contributed by atoms with E-state index in [4.69, 9.17) is 4.74 Å². The van der Waals surface area contributed by atoms with Crippen molar-refractivity contribution in [2.75, 3.05) is 0 Å². The molecule has 1 unspecified atom stereocenters. The quantitative estimate of drug-likeness (QED) is 0.869. The normalized spacial score (nSPS) is 23.3. The summed E-state index contributed by atoms with van der Waals surface area (Å²) < 4.78 is 5.45. The van der Waals surface area contributed by atoms with Crippen LogP contribution in [0.3, 0.4) is 0 Å². The van der Waals surface area contributed by atoms with Gasteiger partial charge in [0, 0.05) is 17.4 Å². The Morgan fingerprint density at radius 1 is 1.32 bits per heavy atom. The second kappa shape index (κ2) is 6.08. The number of cyclic esters (lactones) is 1. The number of amides is 1. The maximum Gasteiger partial charge on any atom is 0.331 e. The molecule has 0 aliphatic carbocycles. The van der Waals surface area contributed by atoms with E-state index in [-0.39, 0.29) is 12.3 Å². The van der Waals surface area contributed by atoms with Crippen molar-refractivity contribution in [3.05, 3.63) is 35.9 Å². The minimum atomic E-state index is -0.753. The number of carbonyl (C=O) groups is 2. The first-order valence-electron chi connectivity index (χ1n) is 7.48. The van der Waals surface area contributed by atoms with Gasteiger partial charge in [0.25, 0.3) is 5.91 Å². The van der Waals surface area contributed by atoms with Crippen LogP contribution in [0.5, 0.6) is 0 Å². The first kappa shape index (κ1) is 16.5. The lowest BCUT2D eigenvalue weighted by atomic mass is 9.92. The molecule has 0 bridgehead atoms. The topological polar surface area (TPSA) is 66.8 Å². The SMILES string of the molecule is CC(O)C[C@@H]1C(=O)O[C@@H](C(C)(C)C)N1C(=O)c1ccccc1. The third kappa shape index (κ3) is 3.30. The molecule has 1 N–H and O–H groups in total. The molecule has 1 aromatic carbocycles. The summed E-state index contributed by atoms with van der Waals surface area (Å²) in [5.74, 6) is -0.706. The molecule has 0 radical (unpaired) electrons. The summed E-state index contributed by atoms with van der Waals surface area (Å²) in [6.45, 7) is 7.35. The maximum atomic E-state index is 12.9. The fourth-order valence-electron chi connectivity index (χ4n) is 2.63. The molecule has 1 heterocycles. The van der Waals surface area contributed by atoms with Gasteiger partial charge in [-0.1, -0.05) is 39.0 Å². The standard InChI is InChI=1S/C17H23NO4/c1-11(19)10-13-15(21)22-16(17(2,3)4)18(13)14(20)12-8-6-5-7-9-12/h5-9,11,13,16,19H,10H2,1-4H3/t11?,13-,16+/m1/s1. The van der Waals surface area contributed by atoms with Gasteiger partial charge in [-0.3, -0.25) is 9.69 Å². The number of rotatable bonds is 3. The first-order chi connectivity index (χ1) is 10.2. The van der Waals surface area contributed by atoms with E-state index in [1.54, 1.807) is 31.2 Å². The summed E-state index contributed by atoms with van der Waals surface area (Å²) in [4.78, 5) is 26.5. The Kier molecular flexibility index (Phi) is 4.56. The van der Waals surface area contributed by atoms with Gasteiger partial charge in [-0.15, -0.1) is 0 Å². The van der Waals surface area contributed by atoms with E-state index >= 15 is 0 Å². The van der Waals surface area contributed by atoms with Crippen molar-refractivity contribution in [3.63, 3.8) is 0 Å². The second-order valence-corrected chi connectivity index (χ2v) is 6.83. The number of nitrogens with zero attached hydrogens (tertiary/aromatic N) is 1. The zero-order chi connectivity index (χ0) is 16.5. The Morgan fingerprint density at radius 2 is 1.91 bits per heavy atom. The van der Waals surface area contributed by atoms with Crippen molar-refractivity contribution in [1.29, 1.82) is 0 Å². The summed E-state index contributed by atoms with van der Waals surface area (Å²) in [5.41, 5.74) is 0.0960. The molecule has 1 aromatic rings. The van der Waals surface area contributed by atoms with Gasteiger partial charge in [0.1, 0.15) is 6.04 Å². The number of hydrogen-bond acceptors (Lipinski definition) is 4. The molecule has 0 aromatic heterocycles. The van der Waals surface area contributed by atoms with Crippen molar-refractivity contribution in [1.82, 2.24) is 4.90 Å². The molecule has 120 valence electrons. The van der Waals surface area contributed by atoms with E-state index in [0.29, 0.717) is 5.56 Å². The van der Waals surface area contributed by atoms with Crippen LogP contribution in [0, 0.1) is 5.41 Å². The lowest BCUT2D eigenvalue weighted by molar-refractivity contribution is -0.147. The molecule has 2 rings (SSSR count). The van der Waals surface area contributed by atoms with Crippen LogP contribution in [0.4, 0.5) is 0 Å². The van der Waals surface area contributed by atoms with E-state index in [9.17, 15) is 14.7 Å². The fraction of sp³-hybridized carbons (Fsp3) is 0.529. The Balaban J connectivity index is 2.39. The molecule has 1 amide bonds. The molecule has 3 atom stereocenters. The van der Waals surface area contributed by atoms with Gasteiger partial charge in [-0.25, -0.2) is 4.79 Å². The number of carbonyl (C=O) groups excluding carboxylic acids is 2. The molecule has 1 aliphatic rings. The lowest BCUT2D eigenvalue weighted by Crippen LogP contribution is -2.48. The molecular weight excluding hydrogens is 282 g/mol. The van der Waals surface area contributed by atoms with Gasteiger partial charge in [0.2, 0.25) is 0 Å². The highest BCUT2D eigenvalue weighted by molar-refractivity contribution is 5.98. The number of hydrogen-bond donors (Lipinski definition) is 1. The van der Waals surface area contributed by atoms with Crippen molar-refractivity contribution in [3.8, 4) is 0 Å². The van der Waals surface area contributed by atoms with E-state index in [1.807, 2.05) is 26.8 Å². The number of benzene rings is 1. The Labute approximate surface area is 130 Å². The van der Waals surface area contributed by atoms with Gasteiger partial charge < -0.3 is 9.84 Å². The van der Waals surface area contributed by atoms with Gasteiger partial charge in [-0.2, -0.15) is 0 Å². The van der Waals surface area contributed by atoms with Crippen molar-refractivity contribution < 1.29 is 19.4 Å². The smallest absolute Gasteiger partial charge is 0.331 e. The number of aliphatic hydroxyl groups excluding tert-OH is 1. The maximum absolute atomic E-state index is 12.9. The Morgan fingerprint density at radius 3 is 2.41 bits per heavy atom. The van der Waals surface area contributed by atoms with Crippen LogP contribution in [-0.2, 0) is 9.53 Å². The van der Waals surface area contributed by atoms with E-state index in [1.165, 1.54) is 4.90 Å². The number of esters is 1. The van der Waals surface area contributed by atoms with Crippen LogP contribution >= 0.6 is 0 Å². The second-order valence-electron chi connectivity index (χ2n) is 6.83. The zero-order valence-electron chi connectivity index (χ0n) is 13.4. The molecule has 1 aliphatic heterocycles. The van der Waals surface area contributed by atoms with Crippen LogP contribution in [-0.4, -0.2) is 40.3 Å². The van der Waals surface area contributed by atoms with Crippen molar-refractivity contribution >= 4 is 11.9 Å². The zero-order valence-corrected chi connectivity index (χ0v) is 13.4. The predicted octanol–water partition coefficient (Wildman–Crippen LogP) is 2.20. The first-order valence-corrected chi connectivity index (χ1v) is 7.48. The summed E-state index contributed by atoms with van der Waals surface area (Å²) >= 11 is 0. The highest BCUT2D eigenvalue weighted by Crippen LogP contribution is 2.35. The third-order valence-corrected chi connectivity index (χ3v) is 3.65. The van der Waals surface area contributed by atoms with Crippen LogP contribution < -0.4 is 0 Å². The number of ether oxygens (including phenoxy) is 1. The van der Waals surface area contributed by atoms with E-state index in [2.05, 4.69) is 0 Å². The Hall–Kier alpha value is -1.88. The molecular formula is C17H23NO4. The minimum Gasteiger partial charge on any atom is -0.439 e. The van der Waals surface area contributed by atoms with Gasteiger partial charge in [0.15, 0.2) is 6.23 Å². The van der Waals surface area contributed by atoms with Crippen LogP contribution in [0.25, 0.3) is 0 Å². The summed E-state index contributed by atoms with van der Waals surface area (Å²) in [5, 5.41) is 9.64. The van der Waals surface area contributed by atoms with E-state index in [0.717, 1.165) is 0 Å². The molecule has 0 saturated carbocycles. The average molecular weight is 305 g/mol. The highest BCUT2D eigenvalue weighted by atomic mass is 16.6. The van der Waals surface area contributed by atoms with Crippen LogP contribution in [0.1, 0.15) is 44.5 Å². The molecule has 5 heteroatoms. The van der Waals surface area contributed by atoms with Crippen LogP contribution in [0.2, 0.25) is 0 Å². The van der Waals surface area contributed by atoms with Crippen molar-refractivity contribution in [2.45, 2.75) is 52.5 Å². The molecule has 1 fully saturated rings. The van der Waals surface area contributed by atoms with Crippen molar-refractivity contribution in [2.24, 2.45) is 5.41 Å². The fourth-order valence-corrected chi connectivity index (χ4v) is 2.63. The van der Waals surface area contributed by atoms with Gasteiger partial charge in [-0.05, 0) is 19.1 Å². The van der Waals surface area contributed by atoms with Crippen LogP contribution in [0.15, 0.2) is 30.3 Å². The van der Waals surface area contributed by atoms with Gasteiger partial charge >= 0.3 is 5.97 Å². The monoisotopic (exact) mass is 305 g/mol. The minimum absolute atomic E-state index is 0.171. The van der Waals surface area contributed by atoms with Gasteiger partial charge in [0.05, 0.1) is 6.10 Å². The summed E-state index contributed by atoms with van der Waals surface area (Å²) in [7, 11) is 0. The lowest BCUT2D eigenvalue weighted by Gasteiger charge is -2.34. The summed E-state index contributed by atoms with van der Waals surface area (Å²) in [6.07, 6.45) is -1.16. The molecule has 0 spiro atoms. The molecule has 22 heavy (non-hydrogen) atoms. The largest absolute Gasteiger partial charge is 0.439 e. The third-order valence-electron chi connectivity index (χ3n) is 3.65. The summed E-state index contributed by atoms with van der Waals surface area (Å²) in [6, 6.07) is 8.06. The Bertz CT molecular complexity index is 548. The predicted molar refractivity (Wildman–Crippen MR) is 82.0 cm³/mol. The number of aliphatic hydroxyl groups is 1. The van der Waals surface area contributed by atoms with E-state index < -0.39 is 29.8 Å². The highest BCUT2D eigenvalue weighted by Gasteiger charge is 2.50.